The summed E-state index contributed by atoms with van der Waals surface area (Å²) in [5.74, 6) is 0.721. The van der Waals surface area contributed by atoms with E-state index in [0.717, 1.165) is 31.4 Å². The fraction of sp³-hybridized carbons (Fsp3) is 0.381. The summed E-state index contributed by atoms with van der Waals surface area (Å²) in [7, 11) is -3.75. The highest BCUT2D eigenvalue weighted by molar-refractivity contribution is 7.89. The molecule has 0 saturated carbocycles. The fourth-order valence-electron chi connectivity index (χ4n) is 3.57. The van der Waals surface area contributed by atoms with Crippen LogP contribution in [0.15, 0.2) is 41.3 Å². The molecule has 8 heteroatoms. The molecule has 0 spiro atoms. The first kappa shape index (κ1) is 19.7. The van der Waals surface area contributed by atoms with Gasteiger partial charge >= 0.3 is 0 Å². The number of benzene rings is 2. The van der Waals surface area contributed by atoms with Gasteiger partial charge in [0.25, 0.3) is 0 Å². The maximum Gasteiger partial charge on any atom is 0.240 e. The quantitative estimate of drug-likeness (QED) is 0.755. The molecule has 0 bridgehead atoms. The highest BCUT2D eigenvalue weighted by Gasteiger charge is 2.19. The second-order valence-corrected chi connectivity index (χ2v) is 8.96. The number of nitrogens with one attached hydrogen (secondary N) is 2. The van der Waals surface area contributed by atoms with Gasteiger partial charge in [0.1, 0.15) is 0 Å². The van der Waals surface area contributed by atoms with Crippen LogP contribution in [0.1, 0.15) is 30.4 Å². The first-order valence-corrected chi connectivity index (χ1v) is 11.3. The molecule has 29 heavy (non-hydrogen) atoms. The highest BCUT2D eigenvalue weighted by atomic mass is 32.2. The number of sulfonamides is 1. The lowest BCUT2D eigenvalue weighted by molar-refractivity contribution is -0.116. The van der Waals surface area contributed by atoms with Gasteiger partial charge in [0.05, 0.1) is 18.1 Å². The van der Waals surface area contributed by atoms with E-state index in [4.69, 9.17) is 9.47 Å². The summed E-state index contributed by atoms with van der Waals surface area (Å²) in [5, 5.41) is 2.84. The van der Waals surface area contributed by atoms with Crippen LogP contribution >= 0.6 is 0 Å². The van der Waals surface area contributed by atoms with Gasteiger partial charge in [-0.3, -0.25) is 4.79 Å². The average Bonchev–Trinajstić information content (AvgIpc) is 3.03. The standard InChI is InChI=1S/C21H24N2O5S/c24-21(23-17-6-5-15-3-1-4-16(15)13-17)9-10-22-29(25,26)18-7-8-19-20(14-18)28-12-2-11-27-19/h5-8,13-14,22H,1-4,9-12H2,(H,23,24). The van der Waals surface area contributed by atoms with E-state index in [0.29, 0.717) is 24.7 Å². The summed E-state index contributed by atoms with van der Waals surface area (Å²) in [6.45, 7) is 1.02. The summed E-state index contributed by atoms with van der Waals surface area (Å²) >= 11 is 0. The number of carbonyl (C=O) groups excluding carboxylic acids is 1. The molecule has 2 aliphatic rings. The number of hydrogen-bond acceptors (Lipinski definition) is 5. The molecular formula is C21H24N2O5S. The zero-order valence-electron chi connectivity index (χ0n) is 16.1. The van der Waals surface area contributed by atoms with Gasteiger partial charge in [-0.1, -0.05) is 6.07 Å². The Labute approximate surface area is 170 Å². The molecule has 154 valence electrons. The first-order chi connectivity index (χ1) is 14.0. The van der Waals surface area contributed by atoms with E-state index in [1.54, 1.807) is 6.07 Å². The summed E-state index contributed by atoms with van der Waals surface area (Å²) in [4.78, 5) is 12.3. The van der Waals surface area contributed by atoms with Crippen LogP contribution in [0.5, 0.6) is 11.5 Å². The lowest BCUT2D eigenvalue weighted by atomic mass is 10.1. The van der Waals surface area contributed by atoms with Crippen molar-refractivity contribution >= 4 is 21.6 Å². The van der Waals surface area contributed by atoms with Crippen molar-refractivity contribution < 1.29 is 22.7 Å². The summed E-state index contributed by atoms with van der Waals surface area (Å²) in [6, 6.07) is 10.5. The van der Waals surface area contributed by atoms with Crippen LogP contribution in [-0.4, -0.2) is 34.1 Å². The van der Waals surface area contributed by atoms with Crippen LogP contribution < -0.4 is 19.5 Å². The van der Waals surface area contributed by atoms with Crippen LogP contribution in [0.3, 0.4) is 0 Å². The molecule has 1 amide bonds. The summed E-state index contributed by atoms with van der Waals surface area (Å²) in [6.07, 6.45) is 4.06. The fourth-order valence-corrected chi connectivity index (χ4v) is 4.61. The number of hydrogen-bond donors (Lipinski definition) is 2. The molecule has 2 aromatic rings. The summed E-state index contributed by atoms with van der Waals surface area (Å²) < 4.78 is 38.6. The number of ether oxygens (including phenoxy) is 2. The van der Waals surface area contributed by atoms with E-state index >= 15 is 0 Å². The van der Waals surface area contributed by atoms with E-state index in [1.807, 2.05) is 18.2 Å². The number of aryl methyl sites for hydroxylation is 2. The number of carbonyl (C=O) groups is 1. The lowest BCUT2D eigenvalue weighted by Crippen LogP contribution is -2.27. The first-order valence-electron chi connectivity index (χ1n) is 9.82. The maximum absolute atomic E-state index is 12.5. The van der Waals surface area contributed by atoms with Gasteiger partial charge in [-0.25, -0.2) is 13.1 Å². The molecule has 0 atom stereocenters. The predicted octanol–water partition coefficient (Wildman–Crippen LogP) is 2.64. The van der Waals surface area contributed by atoms with Crippen LogP contribution in [0.2, 0.25) is 0 Å². The minimum absolute atomic E-state index is 0.00749. The largest absolute Gasteiger partial charge is 0.490 e. The Bertz CT molecular complexity index is 1020. The van der Waals surface area contributed by atoms with Crippen LogP contribution in [0.25, 0.3) is 0 Å². The van der Waals surface area contributed by atoms with E-state index in [-0.39, 0.29) is 23.8 Å². The van der Waals surface area contributed by atoms with Gasteiger partial charge < -0.3 is 14.8 Å². The molecule has 0 unspecified atom stereocenters. The molecule has 0 radical (unpaired) electrons. The number of anilines is 1. The van der Waals surface area contributed by atoms with Crippen molar-refractivity contribution in [3.63, 3.8) is 0 Å². The third-order valence-electron chi connectivity index (χ3n) is 5.06. The van der Waals surface area contributed by atoms with Gasteiger partial charge in [0, 0.05) is 31.1 Å². The van der Waals surface area contributed by atoms with Gasteiger partial charge in [0.15, 0.2) is 11.5 Å². The van der Waals surface area contributed by atoms with E-state index in [9.17, 15) is 13.2 Å². The highest BCUT2D eigenvalue weighted by Crippen LogP contribution is 2.31. The van der Waals surface area contributed by atoms with Gasteiger partial charge in [-0.2, -0.15) is 0 Å². The summed E-state index contributed by atoms with van der Waals surface area (Å²) in [5.41, 5.74) is 3.37. The molecule has 1 heterocycles. The second kappa shape index (κ2) is 8.42. The molecule has 2 aromatic carbocycles. The molecule has 4 rings (SSSR count). The van der Waals surface area contributed by atoms with Crippen molar-refractivity contribution in [3.8, 4) is 11.5 Å². The van der Waals surface area contributed by atoms with Crippen molar-refractivity contribution in [1.29, 1.82) is 0 Å². The Hall–Kier alpha value is -2.58. The van der Waals surface area contributed by atoms with Crippen LogP contribution in [0, 0.1) is 0 Å². The van der Waals surface area contributed by atoms with E-state index < -0.39 is 10.0 Å². The minimum Gasteiger partial charge on any atom is -0.490 e. The molecular weight excluding hydrogens is 392 g/mol. The Morgan fingerprint density at radius 3 is 2.59 bits per heavy atom. The van der Waals surface area contributed by atoms with Crippen molar-refractivity contribution in [2.75, 3.05) is 25.1 Å². The monoisotopic (exact) mass is 416 g/mol. The lowest BCUT2D eigenvalue weighted by Gasteiger charge is -2.11. The number of rotatable bonds is 6. The minimum atomic E-state index is -3.75. The Morgan fingerprint density at radius 1 is 0.931 bits per heavy atom. The van der Waals surface area contributed by atoms with E-state index in [2.05, 4.69) is 10.0 Å². The topological polar surface area (TPSA) is 93.7 Å². The molecule has 7 nitrogen and oxygen atoms in total. The van der Waals surface area contributed by atoms with Gasteiger partial charge in [0.2, 0.25) is 15.9 Å². The average molecular weight is 416 g/mol. The zero-order valence-corrected chi connectivity index (χ0v) is 16.9. The maximum atomic E-state index is 12.5. The third-order valence-corrected chi connectivity index (χ3v) is 6.51. The predicted molar refractivity (Wildman–Crippen MR) is 109 cm³/mol. The number of amides is 1. The Kier molecular flexibility index (Phi) is 5.73. The Morgan fingerprint density at radius 2 is 1.72 bits per heavy atom. The molecule has 1 aliphatic carbocycles. The van der Waals surface area contributed by atoms with Crippen molar-refractivity contribution in [2.45, 2.75) is 37.0 Å². The normalized spacial score (nSPS) is 15.4. The van der Waals surface area contributed by atoms with Gasteiger partial charge in [-0.15, -0.1) is 0 Å². The molecule has 2 N–H and O–H groups in total. The second-order valence-electron chi connectivity index (χ2n) is 7.19. The van der Waals surface area contributed by atoms with E-state index in [1.165, 1.54) is 23.3 Å². The molecule has 0 fully saturated rings. The van der Waals surface area contributed by atoms with Crippen molar-refractivity contribution in [2.24, 2.45) is 0 Å². The smallest absolute Gasteiger partial charge is 0.240 e. The third kappa shape index (κ3) is 4.71. The Balaban J connectivity index is 1.32. The SMILES string of the molecule is O=C(CCNS(=O)(=O)c1ccc2c(c1)OCCCO2)Nc1ccc2c(c1)CCC2. The van der Waals surface area contributed by atoms with Crippen molar-refractivity contribution in [3.05, 3.63) is 47.5 Å². The van der Waals surface area contributed by atoms with Crippen LogP contribution in [-0.2, 0) is 27.7 Å². The molecule has 0 saturated heterocycles. The van der Waals surface area contributed by atoms with Crippen molar-refractivity contribution in [1.82, 2.24) is 4.72 Å². The van der Waals surface area contributed by atoms with Crippen LogP contribution in [0.4, 0.5) is 5.69 Å². The number of fused-ring (bicyclic) bond motifs is 2. The van der Waals surface area contributed by atoms with Gasteiger partial charge in [-0.05, 0) is 54.7 Å². The molecule has 1 aliphatic heterocycles. The zero-order chi connectivity index (χ0) is 20.3. The molecule has 0 aromatic heterocycles.